The van der Waals surface area contributed by atoms with Gasteiger partial charge in [0.2, 0.25) is 0 Å². The maximum atomic E-state index is 13.4. The van der Waals surface area contributed by atoms with E-state index in [-0.39, 0.29) is 12.2 Å². The van der Waals surface area contributed by atoms with E-state index >= 15 is 0 Å². The summed E-state index contributed by atoms with van der Waals surface area (Å²) in [4.78, 5) is 36.5. The highest BCUT2D eigenvalue weighted by Crippen LogP contribution is 2.31. The molecule has 1 aliphatic rings. The number of aromatic nitrogens is 2. The largest absolute Gasteiger partial charge is 0.463 e. The number of rotatable bonds is 5. The summed E-state index contributed by atoms with van der Waals surface area (Å²) in [6.45, 7) is 3.80. The zero-order valence-corrected chi connectivity index (χ0v) is 18.7. The van der Waals surface area contributed by atoms with Crippen LogP contribution in [0.4, 0.5) is 5.69 Å². The molecule has 8 heteroatoms. The van der Waals surface area contributed by atoms with Crippen molar-refractivity contribution in [2.75, 3.05) is 25.6 Å². The molecule has 1 aromatic carbocycles. The molecule has 0 bridgehead atoms. The van der Waals surface area contributed by atoms with Gasteiger partial charge in [-0.05, 0) is 49.8 Å². The number of nitrogens with one attached hydrogen (secondary N) is 1. The van der Waals surface area contributed by atoms with Crippen molar-refractivity contribution < 1.29 is 9.53 Å². The molecular weight excluding hydrogens is 412 g/mol. The van der Waals surface area contributed by atoms with E-state index in [9.17, 15) is 9.59 Å². The third kappa shape index (κ3) is 3.86. The van der Waals surface area contributed by atoms with Crippen molar-refractivity contribution in [3.8, 4) is 0 Å². The fourth-order valence-corrected chi connectivity index (χ4v) is 4.67. The fourth-order valence-electron chi connectivity index (χ4n) is 3.64. The van der Waals surface area contributed by atoms with E-state index in [0.717, 1.165) is 16.9 Å². The molecule has 1 aliphatic heterocycles. The van der Waals surface area contributed by atoms with E-state index in [2.05, 4.69) is 9.98 Å². The van der Waals surface area contributed by atoms with Crippen molar-refractivity contribution in [3.05, 3.63) is 84.8 Å². The third-order valence-corrected chi connectivity index (χ3v) is 6.13. The fraction of sp³-hybridized carbons (Fsp3) is 0.261. The van der Waals surface area contributed by atoms with Crippen LogP contribution in [-0.4, -0.2) is 36.2 Å². The van der Waals surface area contributed by atoms with E-state index in [1.807, 2.05) is 55.4 Å². The average molecular weight is 437 g/mol. The minimum atomic E-state index is -0.600. The second kappa shape index (κ2) is 8.39. The number of anilines is 1. The summed E-state index contributed by atoms with van der Waals surface area (Å²) in [6.07, 6.45) is 3.61. The van der Waals surface area contributed by atoms with E-state index in [0.29, 0.717) is 20.6 Å². The Hall–Kier alpha value is -3.39. The molecule has 0 saturated carbocycles. The molecule has 0 amide bonds. The van der Waals surface area contributed by atoms with Gasteiger partial charge in [0.15, 0.2) is 4.80 Å². The molecule has 31 heavy (non-hydrogen) atoms. The summed E-state index contributed by atoms with van der Waals surface area (Å²) >= 11 is 1.31. The van der Waals surface area contributed by atoms with Crippen LogP contribution >= 0.6 is 11.3 Å². The predicted molar refractivity (Wildman–Crippen MR) is 122 cm³/mol. The Bertz CT molecular complexity index is 1310. The number of thiazole rings is 1. The van der Waals surface area contributed by atoms with Gasteiger partial charge in [0, 0.05) is 31.7 Å². The highest BCUT2D eigenvalue weighted by atomic mass is 32.1. The number of aromatic amines is 1. The maximum Gasteiger partial charge on any atom is 0.338 e. The first kappa shape index (κ1) is 20.9. The van der Waals surface area contributed by atoms with Gasteiger partial charge in [0.25, 0.3) is 5.56 Å². The summed E-state index contributed by atoms with van der Waals surface area (Å²) in [5.74, 6) is -0.455. The number of fused-ring (bicyclic) bond motifs is 1. The van der Waals surface area contributed by atoms with Crippen molar-refractivity contribution >= 4 is 29.1 Å². The van der Waals surface area contributed by atoms with Crippen LogP contribution in [0.2, 0.25) is 0 Å². The van der Waals surface area contributed by atoms with Gasteiger partial charge in [-0.15, -0.1) is 0 Å². The molecule has 0 aliphatic carbocycles. The van der Waals surface area contributed by atoms with Crippen molar-refractivity contribution in [2.45, 2.75) is 19.9 Å². The third-order valence-electron chi connectivity index (χ3n) is 5.15. The highest BCUT2D eigenvalue weighted by Gasteiger charge is 2.33. The van der Waals surface area contributed by atoms with Gasteiger partial charge in [-0.2, -0.15) is 0 Å². The zero-order chi connectivity index (χ0) is 22.1. The number of H-pyrrole nitrogens is 1. The normalized spacial score (nSPS) is 16.1. The smallest absolute Gasteiger partial charge is 0.338 e. The highest BCUT2D eigenvalue weighted by molar-refractivity contribution is 7.07. The second-order valence-corrected chi connectivity index (χ2v) is 8.42. The Balaban J connectivity index is 1.94. The molecule has 1 atom stereocenters. The molecule has 0 unspecified atom stereocenters. The quantitative estimate of drug-likeness (QED) is 0.622. The average Bonchev–Trinajstić information content (AvgIpc) is 3.35. The van der Waals surface area contributed by atoms with E-state index in [1.54, 1.807) is 30.7 Å². The van der Waals surface area contributed by atoms with Gasteiger partial charge >= 0.3 is 5.97 Å². The number of carbonyl (C=O) groups excluding carboxylic acids is 1. The topological polar surface area (TPSA) is 79.7 Å². The summed E-state index contributed by atoms with van der Waals surface area (Å²) in [6, 6.07) is 11.0. The molecule has 0 saturated heterocycles. The molecule has 0 spiro atoms. The number of hydrogen-bond donors (Lipinski definition) is 1. The van der Waals surface area contributed by atoms with Crippen molar-refractivity contribution in [3.63, 3.8) is 0 Å². The van der Waals surface area contributed by atoms with Gasteiger partial charge in [0.1, 0.15) is 0 Å². The van der Waals surface area contributed by atoms with Crippen LogP contribution in [0.1, 0.15) is 31.1 Å². The van der Waals surface area contributed by atoms with Gasteiger partial charge < -0.3 is 14.6 Å². The number of allylic oxidation sites excluding steroid dienone is 1. The minimum Gasteiger partial charge on any atom is -0.463 e. The van der Waals surface area contributed by atoms with Gasteiger partial charge in [0.05, 0.1) is 28.5 Å². The van der Waals surface area contributed by atoms with Crippen molar-refractivity contribution in [1.82, 2.24) is 9.55 Å². The Morgan fingerprint density at radius 3 is 2.65 bits per heavy atom. The van der Waals surface area contributed by atoms with Gasteiger partial charge in [-0.1, -0.05) is 23.5 Å². The second-order valence-electron chi connectivity index (χ2n) is 7.41. The lowest BCUT2D eigenvalue weighted by Crippen LogP contribution is -2.39. The Kier molecular flexibility index (Phi) is 5.65. The number of benzene rings is 1. The number of carbonyl (C=O) groups is 1. The van der Waals surface area contributed by atoms with Crippen LogP contribution in [0.15, 0.2) is 63.7 Å². The zero-order valence-electron chi connectivity index (χ0n) is 17.9. The Morgan fingerprint density at radius 2 is 2.03 bits per heavy atom. The molecule has 0 fully saturated rings. The molecule has 3 aromatic rings. The molecule has 3 heterocycles. The van der Waals surface area contributed by atoms with E-state index in [1.165, 1.54) is 11.3 Å². The van der Waals surface area contributed by atoms with Crippen LogP contribution in [0, 0.1) is 0 Å². The summed E-state index contributed by atoms with van der Waals surface area (Å²) in [5.41, 5.74) is 3.45. The first-order valence-corrected chi connectivity index (χ1v) is 10.8. The Labute approximate surface area is 183 Å². The van der Waals surface area contributed by atoms with Crippen LogP contribution < -0.4 is 19.8 Å². The predicted octanol–water partition coefficient (Wildman–Crippen LogP) is 2.19. The van der Waals surface area contributed by atoms with E-state index < -0.39 is 12.0 Å². The summed E-state index contributed by atoms with van der Waals surface area (Å²) in [5, 5.41) is 0. The molecule has 1 N–H and O–H groups in total. The minimum absolute atomic E-state index is 0.186. The molecule has 2 aromatic heterocycles. The summed E-state index contributed by atoms with van der Waals surface area (Å²) in [7, 11) is 3.93. The van der Waals surface area contributed by atoms with Crippen molar-refractivity contribution in [2.24, 2.45) is 4.99 Å². The number of hydrogen-bond acceptors (Lipinski definition) is 6. The lowest BCUT2D eigenvalue weighted by molar-refractivity contribution is -0.139. The van der Waals surface area contributed by atoms with Crippen molar-refractivity contribution in [1.29, 1.82) is 0 Å². The number of ether oxygens (including phenoxy) is 1. The van der Waals surface area contributed by atoms with Crippen LogP contribution in [0.5, 0.6) is 0 Å². The maximum absolute atomic E-state index is 13.4. The lowest BCUT2D eigenvalue weighted by Gasteiger charge is -2.25. The van der Waals surface area contributed by atoms with Crippen LogP contribution in [0.25, 0.3) is 6.08 Å². The van der Waals surface area contributed by atoms with Gasteiger partial charge in [-0.25, -0.2) is 9.79 Å². The molecule has 7 nitrogen and oxygen atoms in total. The van der Waals surface area contributed by atoms with Crippen LogP contribution in [-0.2, 0) is 9.53 Å². The van der Waals surface area contributed by atoms with Gasteiger partial charge in [-0.3, -0.25) is 9.36 Å². The monoisotopic (exact) mass is 436 g/mol. The Morgan fingerprint density at radius 1 is 1.29 bits per heavy atom. The lowest BCUT2D eigenvalue weighted by atomic mass is 9.95. The first-order chi connectivity index (χ1) is 14.9. The first-order valence-electron chi connectivity index (χ1n) is 10.0. The standard InChI is InChI=1S/C23H24N4O3S/c1-5-30-22(29)19-14(2)25-23-27(20(19)15-8-10-17(11-9-15)26(3)4)21(28)18(31-23)13-16-7-6-12-24-16/h6-13,20,24H,5H2,1-4H3/b18-13+/t20-/m0/s1. The van der Waals surface area contributed by atoms with E-state index in [4.69, 9.17) is 4.74 Å². The number of nitrogens with zero attached hydrogens (tertiary/aromatic N) is 3. The molecule has 4 rings (SSSR count). The van der Waals surface area contributed by atoms with Crippen LogP contribution in [0.3, 0.4) is 0 Å². The molecule has 160 valence electrons. The molecule has 0 radical (unpaired) electrons. The molecular formula is C23H24N4O3S. The number of esters is 1. The summed E-state index contributed by atoms with van der Waals surface area (Å²) < 4.78 is 7.47. The SMILES string of the molecule is CCOC(=O)C1=C(C)N=c2s/c(=C/c3ccc[nH]3)c(=O)n2[C@H]1c1ccc(N(C)C)cc1.